The summed E-state index contributed by atoms with van der Waals surface area (Å²) in [5.74, 6) is 0.0248. The van der Waals surface area contributed by atoms with E-state index >= 15 is 0 Å². The Hall–Kier alpha value is -1.58. The van der Waals surface area contributed by atoms with Gasteiger partial charge in [-0.25, -0.2) is 0 Å². The molecule has 0 N–H and O–H groups in total. The van der Waals surface area contributed by atoms with Crippen molar-refractivity contribution in [1.82, 2.24) is 4.57 Å². The van der Waals surface area contributed by atoms with Gasteiger partial charge in [0.1, 0.15) is 6.61 Å². The van der Waals surface area contributed by atoms with E-state index in [1.807, 2.05) is 44.2 Å². The van der Waals surface area contributed by atoms with Crippen LogP contribution in [-0.2, 0) is 17.9 Å². The van der Waals surface area contributed by atoms with E-state index in [1.165, 1.54) is 0 Å². The molecule has 0 aliphatic heterocycles. The first-order valence-electron chi connectivity index (χ1n) is 7.05. The highest BCUT2D eigenvalue weighted by molar-refractivity contribution is 6.30. The number of nitrogens with zero attached hydrogens (tertiary/aromatic N) is 1. The third-order valence-corrected chi connectivity index (χ3v) is 3.86. The zero-order valence-corrected chi connectivity index (χ0v) is 13.4. The average molecular weight is 306 g/mol. The predicted molar refractivity (Wildman–Crippen MR) is 85.0 cm³/mol. The maximum atomic E-state index is 12.2. The van der Waals surface area contributed by atoms with Gasteiger partial charge in [0.15, 0.2) is 5.78 Å². The molecule has 2 aromatic rings. The summed E-state index contributed by atoms with van der Waals surface area (Å²) >= 11 is 5.83. The molecule has 112 valence electrons. The molecular formula is C17H20ClNO2. The predicted octanol–water partition coefficient (Wildman–Crippen LogP) is 4.18. The molecule has 0 aliphatic rings. The van der Waals surface area contributed by atoms with Crippen molar-refractivity contribution in [3.8, 4) is 0 Å². The third kappa shape index (κ3) is 3.74. The average Bonchev–Trinajstić information content (AvgIpc) is 2.75. The summed E-state index contributed by atoms with van der Waals surface area (Å²) in [5, 5.41) is 0.696. The highest BCUT2D eigenvalue weighted by atomic mass is 35.5. The van der Waals surface area contributed by atoms with E-state index in [1.54, 1.807) is 0 Å². The van der Waals surface area contributed by atoms with Crippen molar-refractivity contribution in [2.45, 2.75) is 33.9 Å². The fraction of sp³-hybridized carbons (Fsp3) is 0.353. The summed E-state index contributed by atoms with van der Waals surface area (Å²) < 4.78 is 7.64. The lowest BCUT2D eigenvalue weighted by molar-refractivity contribution is 0.0726. The van der Waals surface area contributed by atoms with Crippen LogP contribution in [0, 0.1) is 13.8 Å². The van der Waals surface area contributed by atoms with Gasteiger partial charge in [0.25, 0.3) is 0 Å². The van der Waals surface area contributed by atoms with Gasteiger partial charge in [-0.3, -0.25) is 4.79 Å². The second-order valence-electron chi connectivity index (χ2n) is 5.07. The summed E-state index contributed by atoms with van der Waals surface area (Å²) in [7, 11) is 0. The number of hydrogen-bond donors (Lipinski definition) is 0. The van der Waals surface area contributed by atoms with Gasteiger partial charge in [-0.05, 0) is 44.5 Å². The van der Waals surface area contributed by atoms with Crippen molar-refractivity contribution >= 4 is 17.4 Å². The number of rotatable bonds is 6. The van der Waals surface area contributed by atoms with Crippen LogP contribution in [0.3, 0.4) is 0 Å². The van der Waals surface area contributed by atoms with Gasteiger partial charge < -0.3 is 9.30 Å². The Morgan fingerprint density at radius 3 is 2.48 bits per heavy atom. The number of ether oxygens (including phenoxy) is 1. The number of Topliss-reactive ketones (excluding diaryl/α,β-unsaturated/α-hetero) is 1. The van der Waals surface area contributed by atoms with E-state index in [9.17, 15) is 4.79 Å². The molecule has 0 spiro atoms. The van der Waals surface area contributed by atoms with Crippen molar-refractivity contribution in [1.29, 1.82) is 0 Å². The van der Waals surface area contributed by atoms with E-state index in [0.717, 1.165) is 29.1 Å². The van der Waals surface area contributed by atoms with Crippen molar-refractivity contribution in [3.05, 3.63) is 57.9 Å². The Bertz CT molecular complexity index is 629. The molecule has 1 heterocycles. The fourth-order valence-electron chi connectivity index (χ4n) is 2.49. The second-order valence-corrected chi connectivity index (χ2v) is 5.51. The number of benzene rings is 1. The minimum Gasteiger partial charge on any atom is -0.369 e. The smallest absolute Gasteiger partial charge is 0.190 e. The van der Waals surface area contributed by atoms with Gasteiger partial charge in [-0.2, -0.15) is 0 Å². The summed E-state index contributed by atoms with van der Waals surface area (Å²) in [4.78, 5) is 12.2. The minimum atomic E-state index is 0.0248. The van der Waals surface area contributed by atoms with Gasteiger partial charge in [-0.15, -0.1) is 0 Å². The van der Waals surface area contributed by atoms with Crippen LogP contribution in [0.4, 0.5) is 0 Å². The number of hydrogen-bond acceptors (Lipinski definition) is 2. The zero-order valence-electron chi connectivity index (χ0n) is 12.6. The van der Waals surface area contributed by atoms with Crippen LogP contribution in [0.5, 0.6) is 0 Å². The lowest BCUT2D eigenvalue weighted by Gasteiger charge is -2.06. The molecule has 0 bridgehead atoms. The maximum Gasteiger partial charge on any atom is 0.190 e. The van der Waals surface area contributed by atoms with Gasteiger partial charge >= 0.3 is 0 Å². The van der Waals surface area contributed by atoms with Crippen LogP contribution < -0.4 is 0 Å². The molecule has 0 saturated heterocycles. The minimum absolute atomic E-state index is 0.0248. The van der Waals surface area contributed by atoms with Crippen LogP contribution in [-0.4, -0.2) is 17.0 Å². The molecule has 1 aromatic carbocycles. The lowest BCUT2D eigenvalue weighted by Crippen LogP contribution is -2.10. The van der Waals surface area contributed by atoms with Gasteiger partial charge in [0.2, 0.25) is 0 Å². The Balaban J connectivity index is 1.94. The lowest BCUT2D eigenvalue weighted by atomic mass is 10.1. The van der Waals surface area contributed by atoms with Gasteiger partial charge in [-0.1, -0.05) is 23.7 Å². The van der Waals surface area contributed by atoms with E-state index in [4.69, 9.17) is 16.3 Å². The van der Waals surface area contributed by atoms with Crippen LogP contribution >= 0.6 is 11.6 Å². The summed E-state index contributed by atoms with van der Waals surface area (Å²) in [6, 6.07) is 9.37. The van der Waals surface area contributed by atoms with E-state index in [-0.39, 0.29) is 12.4 Å². The largest absolute Gasteiger partial charge is 0.369 e. The third-order valence-electron chi connectivity index (χ3n) is 3.61. The fourth-order valence-corrected chi connectivity index (χ4v) is 2.62. The number of aryl methyl sites for hydroxylation is 1. The molecule has 0 saturated carbocycles. The van der Waals surface area contributed by atoms with Gasteiger partial charge in [0.05, 0.1) is 6.61 Å². The molecule has 0 unspecified atom stereocenters. The topological polar surface area (TPSA) is 31.2 Å². The quantitative estimate of drug-likeness (QED) is 0.750. The van der Waals surface area contributed by atoms with Crippen molar-refractivity contribution < 1.29 is 9.53 Å². The van der Waals surface area contributed by atoms with Crippen LogP contribution in [0.15, 0.2) is 30.3 Å². The Labute approximate surface area is 130 Å². The van der Waals surface area contributed by atoms with Crippen molar-refractivity contribution in [3.63, 3.8) is 0 Å². The summed E-state index contributed by atoms with van der Waals surface area (Å²) in [6.45, 7) is 7.44. The molecule has 21 heavy (non-hydrogen) atoms. The molecule has 2 rings (SSSR count). The maximum absolute atomic E-state index is 12.2. The molecule has 1 aromatic heterocycles. The molecule has 0 aliphatic carbocycles. The number of ketones is 1. The number of carbonyl (C=O) groups excluding carboxylic acids is 1. The number of aromatic nitrogens is 1. The normalized spacial score (nSPS) is 10.9. The van der Waals surface area contributed by atoms with E-state index < -0.39 is 0 Å². The molecule has 0 amide bonds. The Morgan fingerprint density at radius 1 is 1.24 bits per heavy atom. The second kappa shape index (κ2) is 6.92. The monoisotopic (exact) mass is 305 g/mol. The van der Waals surface area contributed by atoms with Gasteiger partial charge in [0, 0.05) is 28.5 Å². The summed E-state index contributed by atoms with van der Waals surface area (Å²) in [6.07, 6.45) is 0. The first-order chi connectivity index (χ1) is 10.0. The number of halogens is 1. The van der Waals surface area contributed by atoms with Crippen LogP contribution in [0.25, 0.3) is 0 Å². The first kappa shape index (κ1) is 15.8. The highest BCUT2D eigenvalue weighted by Gasteiger charge is 2.14. The SMILES string of the molecule is CCn1c(C)cc(C(=O)COCc2ccc(Cl)cc2)c1C. The molecule has 3 nitrogen and oxygen atoms in total. The Kier molecular flexibility index (Phi) is 5.21. The van der Waals surface area contributed by atoms with Crippen LogP contribution in [0.1, 0.15) is 34.2 Å². The summed E-state index contributed by atoms with van der Waals surface area (Å²) in [5.41, 5.74) is 3.88. The standard InChI is InChI=1S/C17H20ClNO2/c1-4-19-12(2)9-16(13(19)3)17(20)11-21-10-14-5-7-15(18)8-6-14/h5-9H,4,10-11H2,1-3H3. The van der Waals surface area contributed by atoms with Crippen LogP contribution in [0.2, 0.25) is 5.02 Å². The molecule has 4 heteroatoms. The molecule has 0 atom stereocenters. The van der Waals surface area contributed by atoms with E-state index in [0.29, 0.717) is 11.6 Å². The number of carbonyl (C=O) groups is 1. The Morgan fingerprint density at radius 2 is 1.90 bits per heavy atom. The first-order valence-corrected chi connectivity index (χ1v) is 7.42. The van der Waals surface area contributed by atoms with Crippen molar-refractivity contribution in [2.75, 3.05) is 6.61 Å². The molecular weight excluding hydrogens is 286 g/mol. The molecule has 0 radical (unpaired) electrons. The van der Waals surface area contributed by atoms with E-state index in [2.05, 4.69) is 11.5 Å². The van der Waals surface area contributed by atoms with Crippen molar-refractivity contribution in [2.24, 2.45) is 0 Å². The molecule has 0 fully saturated rings. The zero-order chi connectivity index (χ0) is 15.4. The highest BCUT2D eigenvalue weighted by Crippen LogP contribution is 2.16.